The Hall–Kier alpha value is -2.45. The highest BCUT2D eigenvalue weighted by atomic mass is 32.2. The van der Waals surface area contributed by atoms with E-state index in [1.54, 1.807) is 18.2 Å². The monoisotopic (exact) mass is 394 g/mol. The van der Waals surface area contributed by atoms with Crippen LogP contribution in [0.5, 0.6) is 5.75 Å². The number of sulfonamides is 1. The van der Waals surface area contributed by atoms with E-state index >= 15 is 0 Å². The highest BCUT2D eigenvalue weighted by Gasteiger charge is 2.24. The zero-order valence-electron chi connectivity index (χ0n) is 15.8. The number of methoxy groups -OCH3 is 1. The second-order valence-electron chi connectivity index (χ2n) is 6.29. The van der Waals surface area contributed by atoms with Crippen LogP contribution >= 0.6 is 0 Å². The fourth-order valence-corrected chi connectivity index (χ4v) is 3.58. The lowest BCUT2D eigenvalue weighted by molar-refractivity contribution is -0.130. The third-order valence-corrected chi connectivity index (χ3v) is 5.97. The predicted octanol–water partition coefficient (Wildman–Crippen LogP) is 2.42. The van der Waals surface area contributed by atoms with Gasteiger partial charge in [0.1, 0.15) is 0 Å². The van der Waals surface area contributed by atoms with Crippen LogP contribution in [0, 0.1) is 12.7 Å². The zero-order valence-corrected chi connectivity index (χ0v) is 16.6. The van der Waals surface area contributed by atoms with Gasteiger partial charge in [0.2, 0.25) is 15.9 Å². The number of hydrogen-bond donors (Lipinski definition) is 0. The summed E-state index contributed by atoms with van der Waals surface area (Å²) in [6.07, 6.45) is 0. The first kappa shape index (κ1) is 20.9. The molecule has 2 aromatic carbocycles. The van der Waals surface area contributed by atoms with Crippen LogP contribution in [0.2, 0.25) is 0 Å². The lowest BCUT2D eigenvalue weighted by Crippen LogP contribution is -2.39. The molecule has 0 aliphatic rings. The van der Waals surface area contributed by atoms with Crippen LogP contribution in [0.15, 0.2) is 47.4 Å². The largest absolute Gasteiger partial charge is 0.494 e. The Labute approximate surface area is 159 Å². The highest BCUT2D eigenvalue weighted by molar-refractivity contribution is 7.89. The van der Waals surface area contributed by atoms with Crippen LogP contribution in [0.25, 0.3) is 0 Å². The van der Waals surface area contributed by atoms with E-state index in [0.717, 1.165) is 9.87 Å². The second kappa shape index (κ2) is 8.49. The Kier molecular flexibility index (Phi) is 6.56. The molecule has 8 heteroatoms. The second-order valence-corrected chi connectivity index (χ2v) is 8.34. The average Bonchev–Trinajstić information content (AvgIpc) is 2.62. The molecule has 0 heterocycles. The Morgan fingerprint density at radius 2 is 1.74 bits per heavy atom. The van der Waals surface area contributed by atoms with Gasteiger partial charge in [0.25, 0.3) is 0 Å². The van der Waals surface area contributed by atoms with E-state index in [2.05, 4.69) is 0 Å². The molecule has 0 bridgehead atoms. The van der Waals surface area contributed by atoms with Crippen molar-refractivity contribution >= 4 is 15.9 Å². The van der Waals surface area contributed by atoms with Crippen LogP contribution in [-0.2, 0) is 21.4 Å². The van der Waals surface area contributed by atoms with Gasteiger partial charge in [-0.05, 0) is 36.8 Å². The summed E-state index contributed by atoms with van der Waals surface area (Å²) in [5.74, 6) is -0.795. The average molecular weight is 394 g/mol. The van der Waals surface area contributed by atoms with E-state index in [9.17, 15) is 17.6 Å². The summed E-state index contributed by atoms with van der Waals surface area (Å²) >= 11 is 0. The SMILES string of the molecule is COc1ccc(CN(C)C(=O)CN(C)S(=O)(=O)c2ccc(C)cc2)cc1F. The van der Waals surface area contributed by atoms with Gasteiger partial charge in [-0.3, -0.25) is 4.79 Å². The molecule has 0 saturated heterocycles. The van der Waals surface area contributed by atoms with Gasteiger partial charge in [-0.25, -0.2) is 12.8 Å². The van der Waals surface area contributed by atoms with E-state index in [4.69, 9.17) is 4.74 Å². The van der Waals surface area contributed by atoms with Crippen molar-refractivity contribution in [2.24, 2.45) is 0 Å². The van der Waals surface area contributed by atoms with Crippen molar-refractivity contribution in [3.63, 3.8) is 0 Å². The molecule has 0 aromatic heterocycles. The fourth-order valence-electron chi connectivity index (χ4n) is 2.46. The number of rotatable bonds is 7. The summed E-state index contributed by atoms with van der Waals surface area (Å²) in [4.78, 5) is 13.9. The third kappa shape index (κ3) is 5.05. The molecule has 0 atom stereocenters. The molecule has 0 N–H and O–H groups in total. The van der Waals surface area contributed by atoms with Crippen LogP contribution in [0.3, 0.4) is 0 Å². The molecule has 0 fully saturated rings. The quantitative estimate of drug-likeness (QED) is 0.723. The number of amides is 1. The molecular formula is C19H23FN2O4S. The van der Waals surface area contributed by atoms with Crippen molar-refractivity contribution in [1.82, 2.24) is 9.21 Å². The number of carbonyl (C=O) groups excluding carboxylic acids is 1. The van der Waals surface area contributed by atoms with Crippen molar-refractivity contribution in [3.05, 3.63) is 59.4 Å². The summed E-state index contributed by atoms with van der Waals surface area (Å²) in [6, 6.07) is 10.8. The van der Waals surface area contributed by atoms with Gasteiger partial charge in [-0.15, -0.1) is 0 Å². The fraction of sp³-hybridized carbons (Fsp3) is 0.316. The summed E-state index contributed by atoms with van der Waals surface area (Å²) in [7, 11) is 0.503. The first-order valence-electron chi connectivity index (χ1n) is 8.24. The number of carbonyl (C=O) groups is 1. The number of benzene rings is 2. The smallest absolute Gasteiger partial charge is 0.243 e. The molecule has 0 unspecified atom stereocenters. The number of aryl methyl sites for hydroxylation is 1. The van der Waals surface area contributed by atoms with Gasteiger partial charge in [-0.1, -0.05) is 23.8 Å². The van der Waals surface area contributed by atoms with Crippen molar-refractivity contribution in [2.45, 2.75) is 18.4 Å². The number of hydrogen-bond acceptors (Lipinski definition) is 4. The molecular weight excluding hydrogens is 371 g/mol. The van der Waals surface area contributed by atoms with E-state index in [-0.39, 0.29) is 23.7 Å². The molecule has 27 heavy (non-hydrogen) atoms. The van der Waals surface area contributed by atoms with E-state index in [1.807, 2.05) is 6.92 Å². The number of likely N-dealkylation sites (N-methyl/N-ethyl adjacent to an activating group) is 2. The zero-order chi connectivity index (χ0) is 20.2. The van der Waals surface area contributed by atoms with Gasteiger partial charge in [0.15, 0.2) is 11.6 Å². The van der Waals surface area contributed by atoms with Crippen LogP contribution < -0.4 is 4.74 Å². The minimum absolute atomic E-state index is 0.122. The molecule has 0 saturated carbocycles. The summed E-state index contributed by atoms with van der Waals surface area (Å²) in [5, 5.41) is 0. The maximum absolute atomic E-state index is 13.8. The molecule has 1 amide bonds. The molecule has 0 aliphatic carbocycles. The number of nitrogens with zero attached hydrogens (tertiary/aromatic N) is 2. The third-order valence-electron chi connectivity index (χ3n) is 4.15. The van der Waals surface area contributed by atoms with Gasteiger partial charge in [0.05, 0.1) is 18.6 Å². The van der Waals surface area contributed by atoms with Crippen LogP contribution in [0.1, 0.15) is 11.1 Å². The van der Waals surface area contributed by atoms with E-state index in [0.29, 0.717) is 5.56 Å². The minimum Gasteiger partial charge on any atom is -0.494 e. The maximum atomic E-state index is 13.8. The highest BCUT2D eigenvalue weighted by Crippen LogP contribution is 2.19. The standard InChI is InChI=1S/C19H23FN2O4S/c1-14-5-8-16(9-6-14)27(24,25)22(3)13-19(23)21(2)12-15-7-10-18(26-4)17(20)11-15/h5-11H,12-13H2,1-4H3. The van der Waals surface area contributed by atoms with Gasteiger partial charge in [-0.2, -0.15) is 4.31 Å². The Morgan fingerprint density at radius 3 is 2.30 bits per heavy atom. The maximum Gasteiger partial charge on any atom is 0.243 e. The van der Waals surface area contributed by atoms with Crippen molar-refractivity contribution < 1.29 is 22.3 Å². The Morgan fingerprint density at radius 1 is 1.11 bits per heavy atom. The first-order valence-corrected chi connectivity index (χ1v) is 9.68. The Bertz CT molecular complexity index is 914. The Balaban J connectivity index is 2.04. The molecule has 0 radical (unpaired) electrons. The number of ether oxygens (including phenoxy) is 1. The minimum atomic E-state index is -3.76. The van der Waals surface area contributed by atoms with Crippen molar-refractivity contribution in [1.29, 1.82) is 0 Å². The van der Waals surface area contributed by atoms with Crippen molar-refractivity contribution in [3.8, 4) is 5.75 Å². The molecule has 2 aromatic rings. The molecule has 6 nitrogen and oxygen atoms in total. The summed E-state index contributed by atoms with van der Waals surface area (Å²) in [6.45, 7) is 1.70. The normalized spacial score (nSPS) is 11.5. The van der Waals surface area contributed by atoms with E-state index < -0.39 is 21.7 Å². The molecule has 0 spiro atoms. The summed E-state index contributed by atoms with van der Waals surface area (Å²) < 4.78 is 44.8. The van der Waals surface area contributed by atoms with Gasteiger partial charge in [0, 0.05) is 20.6 Å². The topological polar surface area (TPSA) is 66.9 Å². The van der Waals surface area contributed by atoms with Crippen LogP contribution in [0.4, 0.5) is 4.39 Å². The van der Waals surface area contributed by atoms with Crippen LogP contribution in [-0.4, -0.2) is 51.3 Å². The van der Waals surface area contributed by atoms with E-state index in [1.165, 1.54) is 50.4 Å². The lowest BCUT2D eigenvalue weighted by atomic mass is 10.2. The molecule has 0 aliphatic heterocycles. The van der Waals surface area contributed by atoms with Crippen molar-refractivity contribution in [2.75, 3.05) is 27.7 Å². The van der Waals surface area contributed by atoms with Gasteiger partial charge < -0.3 is 9.64 Å². The predicted molar refractivity (Wildman–Crippen MR) is 100 cm³/mol. The van der Waals surface area contributed by atoms with Gasteiger partial charge >= 0.3 is 0 Å². The molecule has 146 valence electrons. The first-order chi connectivity index (χ1) is 12.6. The lowest BCUT2D eigenvalue weighted by Gasteiger charge is -2.22. The molecule has 2 rings (SSSR count). The summed E-state index contributed by atoms with van der Waals surface area (Å²) in [5.41, 5.74) is 1.52. The number of halogens is 1.